The largest absolute Gasteiger partial charge is 0.465 e. The summed E-state index contributed by atoms with van der Waals surface area (Å²) in [6.45, 7) is 3.19. The Bertz CT molecular complexity index is 168. The standard InChI is InChI=1S/C8H15NO4/c1-3-11-7(10)6(9-2)8-12-4-5-13-8/h6,8-9H,3-5H2,1-2H3. The van der Waals surface area contributed by atoms with Gasteiger partial charge in [-0.25, -0.2) is 0 Å². The van der Waals surface area contributed by atoms with Crippen molar-refractivity contribution in [3.05, 3.63) is 0 Å². The van der Waals surface area contributed by atoms with Crippen LogP contribution in [-0.4, -0.2) is 45.2 Å². The van der Waals surface area contributed by atoms with Gasteiger partial charge in [0.15, 0.2) is 12.3 Å². The summed E-state index contributed by atoms with van der Waals surface area (Å²) in [6.07, 6.45) is -0.510. The smallest absolute Gasteiger partial charge is 0.328 e. The summed E-state index contributed by atoms with van der Waals surface area (Å²) in [6, 6.07) is -0.526. The molecule has 1 atom stereocenters. The minimum Gasteiger partial charge on any atom is -0.465 e. The maximum absolute atomic E-state index is 11.3. The van der Waals surface area contributed by atoms with Crippen LogP contribution in [0.5, 0.6) is 0 Å². The quantitative estimate of drug-likeness (QED) is 0.605. The van der Waals surface area contributed by atoms with Crippen molar-refractivity contribution >= 4 is 5.97 Å². The third-order valence-electron chi connectivity index (χ3n) is 1.77. The highest BCUT2D eigenvalue weighted by Crippen LogP contribution is 2.09. The summed E-state index contributed by atoms with van der Waals surface area (Å²) in [5.41, 5.74) is 0. The van der Waals surface area contributed by atoms with Crippen LogP contribution in [0.15, 0.2) is 0 Å². The summed E-state index contributed by atoms with van der Waals surface area (Å²) in [4.78, 5) is 11.3. The van der Waals surface area contributed by atoms with E-state index in [1.165, 1.54) is 0 Å². The highest BCUT2D eigenvalue weighted by atomic mass is 16.7. The summed E-state index contributed by atoms with van der Waals surface area (Å²) >= 11 is 0. The highest BCUT2D eigenvalue weighted by molar-refractivity contribution is 5.76. The van der Waals surface area contributed by atoms with Crippen molar-refractivity contribution in [2.24, 2.45) is 0 Å². The Kier molecular flexibility index (Phi) is 4.14. The topological polar surface area (TPSA) is 56.8 Å². The first kappa shape index (κ1) is 10.4. The molecule has 1 N–H and O–H groups in total. The van der Waals surface area contributed by atoms with E-state index in [0.29, 0.717) is 19.8 Å². The number of likely N-dealkylation sites (N-methyl/N-ethyl adjacent to an activating group) is 1. The monoisotopic (exact) mass is 189 g/mol. The van der Waals surface area contributed by atoms with Crippen LogP contribution in [-0.2, 0) is 19.0 Å². The average molecular weight is 189 g/mol. The lowest BCUT2D eigenvalue weighted by Crippen LogP contribution is -2.45. The molecule has 13 heavy (non-hydrogen) atoms. The van der Waals surface area contributed by atoms with E-state index in [1.807, 2.05) is 0 Å². The van der Waals surface area contributed by atoms with Crippen molar-refractivity contribution in [1.82, 2.24) is 5.32 Å². The van der Waals surface area contributed by atoms with E-state index >= 15 is 0 Å². The molecule has 0 spiro atoms. The van der Waals surface area contributed by atoms with Gasteiger partial charge in [-0.1, -0.05) is 0 Å². The Balaban J connectivity index is 2.44. The predicted molar refractivity (Wildman–Crippen MR) is 45.2 cm³/mol. The van der Waals surface area contributed by atoms with Crippen molar-refractivity contribution in [1.29, 1.82) is 0 Å². The zero-order valence-electron chi connectivity index (χ0n) is 7.91. The molecular weight excluding hydrogens is 174 g/mol. The summed E-state index contributed by atoms with van der Waals surface area (Å²) in [5, 5.41) is 2.80. The van der Waals surface area contributed by atoms with Gasteiger partial charge in [-0.2, -0.15) is 0 Å². The lowest BCUT2D eigenvalue weighted by molar-refractivity contribution is -0.157. The lowest BCUT2D eigenvalue weighted by atomic mass is 10.3. The molecule has 5 nitrogen and oxygen atoms in total. The van der Waals surface area contributed by atoms with Gasteiger partial charge >= 0.3 is 5.97 Å². The molecule has 0 saturated carbocycles. The maximum atomic E-state index is 11.3. The molecule has 1 fully saturated rings. The Hall–Kier alpha value is -0.650. The van der Waals surface area contributed by atoms with Crippen molar-refractivity contribution in [2.75, 3.05) is 26.9 Å². The Morgan fingerprint density at radius 1 is 1.62 bits per heavy atom. The molecule has 0 aromatic heterocycles. The van der Waals surface area contributed by atoms with E-state index < -0.39 is 12.3 Å². The van der Waals surface area contributed by atoms with E-state index in [2.05, 4.69) is 5.32 Å². The minimum atomic E-state index is -0.526. The van der Waals surface area contributed by atoms with E-state index in [0.717, 1.165) is 0 Å². The van der Waals surface area contributed by atoms with Gasteiger partial charge in [-0.3, -0.25) is 4.79 Å². The second-order valence-electron chi connectivity index (χ2n) is 2.63. The molecule has 1 heterocycles. The first-order valence-corrected chi connectivity index (χ1v) is 4.36. The normalized spacial score (nSPS) is 20.2. The SMILES string of the molecule is CCOC(=O)C(NC)C1OCCO1. The van der Waals surface area contributed by atoms with Crippen LogP contribution in [0.1, 0.15) is 6.92 Å². The van der Waals surface area contributed by atoms with Crippen LogP contribution in [0, 0.1) is 0 Å². The molecule has 0 amide bonds. The van der Waals surface area contributed by atoms with Crippen molar-refractivity contribution < 1.29 is 19.0 Å². The van der Waals surface area contributed by atoms with E-state index in [-0.39, 0.29) is 5.97 Å². The van der Waals surface area contributed by atoms with E-state index in [1.54, 1.807) is 14.0 Å². The number of nitrogens with one attached hydrogen (secondary N) is 1. The number of esters is 1. The molecule has 1 unspecified atom stereocenters. The van der Waals surface area contributed by atoms with Gasteiger partial charge in [0.1, 0.15) is 0 Å². The number of carbonyl (C=O) groups is 1. The van der Waals surface area contributed by atoms with Crippen LogP contribution in [0.3, 0.4) is 0 Å². The maximum Gasteiger partial charge on any atom is 0.328 e. The molecule has 1 aliphatic rings. The van der Waals surface area contributed by atoms with Gasteiger partial charge in [-0.15, -0.1) is 0 Å². The molecule has 76 valence electrons. The van der Waals surface area contributed by atoms with Gasteiger partial charge in [0.2, 0.25) is 0 Å². The number of carbonyl (C=O) groups excluding carboxylic acids is 1. The highest BCUT2D eigenvalue weighted by Gasteiger charge is 2.32. The molecule has 1 saturated heterocycles. The Morgan fingerprint density at radius 2 is 2.23 bits per heavy atom. The fourth-order valence-electron chi connectivity index (χ4n) is 1.17. The van der Waals surface area contributed by atoms with Crippen molar-refractivity contribution in [2.45, 2.75) is 19.3 Å². The zero-order chi connectivity index (χ0) is 9.68. The molecule has 1 aliphatic heterocycles. The third-order valence-corrected chi connectivity index (χ3v) is 1.77. The van der Waals surface area contributed by atoms with E-state index in [9.17, 15) is 4.79 Å². The van der Waals surface area contributed by atoms with Gasteiger partial charge in [0, 0.05) is 0 Å². The molecule has 0 aromatic carbocycles. The van der Waals surface area contributed by atoms with Crippen molar-refractivity contribution in [3.8, 4) is 0 Å². The zero-order valence-corrected chi connectivity index (χ0v) is 7.91. The lowest BCUT2D eigenvalue weighted by Gasteiger charge is -2.19. The molecule has 0 radical (unpaired) electrons. The van der Waals surface area contributed by atoms with Crippen LogP contribution in [0.25, 0.3) is 0 Å². The predicted octanol–water partition coefficient (Wildman–Crippen LogP) is -0.490. The van der Waals surface area contributed by atoms with Crippen LogP contribution in [0.2, 0.25) is 0 Å². The van der Waals surface area contributed by atoms with Crippen LogP contribution in [0.4, 0.5) is 0 Å². The van der Waals surface area contributed by atoms with Gasteiger partial charge in [0.25, 0.3) is 0 Å². The second-order valence-corrected chi connectivity index (χ2v) is 2.63. The molecule has 0 bridgehead atoms. The second kappa shape index (κ2) is 5.16. The first-order chi connectivity index (χ1) is 6.29. The van der Waals surface area contributed by atoms with E-state index in [4.69, 9.17) is 14.2 Å². The number of hydrogen-bond donors (Lipinski definition) is 1. The summed E-state index contributed by atoms with van der Waals surface area (Å²) in [5.74, 6) is -0.336. The van der Waals surface area contributed by atoms with Crippen molar-refractivity contribution in [3.63, 3.8) is 0 Å². The number of hydrogen-bond acceptors (Lipinski definition) is 5. The summed E-state index contributed by atoms with van der Waals surface area (Å²) < 4.78 is 15.2. The average Bonchev–Trinajstić information content (AvgIpc) is 2.59. The fraction of sp³-hybridized carbons (Fsp3) is 0.875. The van der Waals surface area contributed by atoms with Crippen LogP contribution >= 0.6 is 0 Å². The number of ether oxygens (including phenoxy) is 3. The molecular formula is C8H15NO4. The van der Waals surface area contributed by atoms with Gasteiger partial charge < -0.3 is 19.5 Å². The molecule has 0 aliphatic carbocycles. The van der Waals surface area contributed by atoms with Gasteiger partial charge in [-0.05, 0) is 14.0 Å². The first-order valence-electron chi connectivity index (χ1n) is 4.36. The van der Waals surface area contributed by atoms with Gasteiger partial charge in [0.05, 0.1) is 19.8 Å². The Labute approximate surface area is 77.3 Å². The van der Waals surface area contributed by atoms with Crippen LogP contribution < -0.4 is 5.32 Å². The molecule has 5 heteroatoms. The Morgan fingerprint density at radius 3 is 2.69 bits per heavy atom. The summed E-state index contributed by atoms with van der Waals surface area (Å²) in [7, 11) is 1.67. The molecule has 1 rings (SSSR count). The number of rotatable bonds is 4. The molecule has 0 aromatic rings. The minimum absolute atomic E-state index is 0.336. The third kappa shape index (κ3) is 2.65. The fourth-order valence-corrected chi connectivity index (χ4v) is 1.17.